The average Bonchev–Trinajstić information content (AvgIpc) is 3.24. The molecule has 14 heteroatoms. The number of anilines is 1. The normalized spacial score (nSPS) is 22.1. The van der Waals surface area contributed by atoms with Gasteiger partial charge in [-0.2, -0.15) is 0 Å². The van der Waals surface area contributed by atoms with Crippen molar-refractivity contribution in [2.24, 2.45) is 0 Å². The van der Waals surface area contributed by atoms with Gasteiger partial charge in [-0.1, -0.05) is 11.6 Å². The molecule has 33 heavy (non-hydrogen) atoms. The van der Waals surface area contributed by atoms with Gasteiger partial charge in [0.05, 0.1) is 24.8 Å². The summed E-state index contributed by atoms with van der Waals surface area (Å²) in [6.45, 7) is 3.90. The molecule has 1 N–H and O–H groups in total. The van der Waals surface area contributed by atoms with Gasteiger partial charge < -0.3 is 18.9 Å². The van der Waals surface area contributed by atoms with Crippen LogP contribution in [0.25, 0.3) is 0 Å². The minimum Gasteiger partial charge on any atom is -0.381 e. The van der Waals surface area contributed by atoms with Crippen molar-refractivity contribution >= 4 is 27.6 Å². The quantitative estimate of drug-likeness (QED) is 0.566. The molecule has 4 heterocycles. The van der Waals surface area contributed by atoms with Crippen molar-refractivity contribution < 1.29 is 27.4 Å². The van der Waals surface area contributed by atoms with Gasteiger partial charge in [0.2, 0.25) is 16.0 Å². The molecule has 0 spiro atoms. The zero-order valence-electron chi connectivity index (χ0n) is 18.4. The Labute approximate surface area is 197 Å². The lowest BCUT2D eigenvalue weighted by atomic mass is 10.1. The van der Waals surface area contributed by atoms with Gasteiger partial charge in [0.1, 0.15) is 17.5 Å². The number of aromatic nitrogens is 5. The second-order valence-corrected chi connectivity index (χ2v) is 10.3. The maximum atomic E-state index is 13.3. The van der Waals surface area contributed by atoms with Gasteiger partial charge in [0.15, 0.2) is 11.6 Å². The lowest BCUT2D eigenvalue weighted by molar-refractivity contribution is -0.0956. The summed E-state index contributed by atoms with van der Waals surface area (Å²) in [5, 5.41) is 7.72. The molecule has 2 aromatic heterocycles. The lowest BCUT2D eigenvalue weighted by Crippen LogP contribution is -2.34. The SMILES string of the molecule is COC(c1ncc(Cl)cn1)C(C)S(=O)(=O)Nc1nnc([C@@H]2COCCO2)n1C1CCOCC1. The fraction of sp³-hybridized carbons (Fsp3) is 0.684. The largest absolute Gasteiger partial charge is 0.381 e. The van der Waals surface area contributed by atoms with Crippen molar-refractivity contribution in [3.8, 4) is 0 Å². The summed E-state index contributed by atoms with van der Waals surface area (Å²) in [4.78, 5) is 8.22. The number of methoxy groups -OCH3 is 1. The lowest BCUT2D eigenvalue weighted by Gasteiger charge is -2.29. The molecule has 3 atom stereocenters. The Morgan fingerprint density at radius 3 is 2.52 bits per heavy atom. The number of rotatable bonds is 8. The molecule has 2 aliphatic rings. The predicted octanol–water partition coefficient (Wildman–Crippen LogP) is 1.68. The van der Waals surface area contributed by atoms with Gasteiger partial charge in [0.25, 0.3) is 0 Å². The molecule has 0 aromatic carbocycles. The Bertz CT molecular complexity index is 1020. The molecular formula is C19H27ClN6O6S. The molecule has 182 valence electrons. The summed E-state index contributed by atoms with van der Waals surface area (Å²) in [6.07, 6.45) is 2.82. The third kappa shape index (κ3) is 5.44. The first-order chi connectivity index (χ1) is 15.9. The van der Waals surface area contributed by atoms with E-state index < -0.39 is 27.5 Å². The zero-order valence-corrected chi connectivity index (χ0v) is 20.0. The maximum Gasteiger partial charge on any atom is 0.240 e. The van der Waals surface area contributed by atoms with Crippen molar-refractivity contribution in [1.29, 1.82) is 0 Å². The molecule has 0 saturated carbocycles. The van der Waals surface area contributed by atoms with E-state index in [0.29, 0.717) is 56.7 Å². The van der Waals surface area contributed by atoms with E-state index in [1.54, 1.807) is 4.57 Å². The maximum absolute atomic E-state index is 13.3. The van der Waals surface area contributed by atoms with E-state index in [2.05, 4.69) is 24.9 Å². The van der Waals surface area contributed by atoms with E-state index in [1.807, 2.05) is 0 Å². The second kappa shape index (κ2) is 10.6. The van der Waals surface area contributed by atoms with Crippen LogP contribution < -0.4 is 4.72 Å². The monoisotopic (exact) mass is 502 g/mol. The summed E-state index contributed by atoms with van der Waals surface area (Å²) in [5.41, 5.74) is 0. The molecule has 2 unspecified atom stereocenters. The molecule has 0 amide bonds. The first-order valence-electron chi connectivity index (χ1n) is 10.6. The van der Waals surface area contributed by atoms with Crippen LogP contribution in [-0.2, 0) is 29.0 Å². The fourth-order valence-electron chi connectivity index (χ4n) is 3.89. The van der Waals surface area contributed by atoms with Crippen molar-refractivity contribution in [3.05, 3.63) is 29.1 Å². The van der Waals surface area contributed by atoms with Gasteiger partial charge in [-0.05, 0) is 19.8 Å². The third-order valence-corrected chi connectivity index (χ3v) is 7.57. The molecule has 0 bridgehead atoms. The summed E-state index contributed by atoms with van der Waals surface area (Å²) < 4.78 is 53.3. The van der Waals surface area contributed by atoms with E-state index >= 15 is 0 Å². The molecule has 2 aliphatic heterocycles. The van der Waals surface area contributed by atoms with Crippen molar-refractivity contribution in [3.63, 3.8) is 0 Å². The van der Waals surface area contributed by atoms with E-state index in [9.17, 15) is 8.42 Å². The van der Waals surface area contributed by atoms with Crippen LogP contribution in [0, 0.1) is 0 Å². The topological polar surface area (TPSA) is 140 Å². The highest BCUT2D eigenvalue weighted by Crippen LogP contribution is 2.32. The summed E-state index contributed by atoms with van der Waals surface area (Å²) >= 11 is 5.85. The van der Waals surface area contributed by atoms with Crippen LogP contribution in [0.4, 0.5) is 5.95 Å². The Morgan fingerprint density at radius 1 is 1.15 bits per heavy atom. The highest BCUT2D eigenvalue weighted by atomic mass is 35.5. The number of nitrogens with one attached hydrogen (secondary N) is 1. The molecule has 2 aromatic rings. The van der Waals surface area contributed by atoms with Crippen LogP contribution in [-0.4, -0.2) is 78.5 Å². The second-order valence-electron chi connectivity index (χ2n) is 7.80. The number of halogens is 1. The molecule has 0 aliphatic carbocycles. The highest BCUT2D eigenvalue weighted by molar-refractivity contribution is 7.93. The number of hydrogen-bond acceptors (Lipinski definition) is 10. The van der Waals surface area contributed by atoms with Crippen LogP contribution in [0.2, 0.25) is 5.02 Å². The Hall–Kier alpha value is -1.90. The van der Waals surface area contributed by atoms with E-state index in [1.165, 1.54) is 26.4 Å². The Morgan fingerprint density at radius 2 is 1.88 bits per heavy atom. The average molecular weight is 503 g/mol. The van der Waals surface area contributed by atoms with Gasteiger partial charge >= 0.3 is 0 Å². The van der Waals surface area contributed by atoms with Gasteiger partial charge in [-0.3, -0.25) is 9.29 Å². The first kappa shape index (κ1) is 24.2. The summed E-state index contributed by atoms with van der Waals surface area (Å²) in [5.74, 6) is 0.847. The van der Waals surface area contributed by atoms with E-state index in [0.717, 1.165) is 0 Å². The predicted molar refractivity (Wildman–Crippen MR) is 117 cm³/mol. The standard InChI is InChI=1S/C19H27ClN6O6S/c1-12(16(29-2)17-21-9-13(20)10-22-17)33(27,28)25-19-24-23-18(15-11-31-7-8-32-15)26(19)14-3-5-30-6-4-14/h9-10,12,14-16H,3-8,11H2,1-2H3,(H,24,25)/t12?,15-,16?/m0/s1. The molecular weight excluding hydrogens is 476 g/mol. The summed E-state index contributed by atoms with van der Waals surface area (Å²) in [7, 11) is -2.58. The number of nitrogens with zero attached hydrogens (tertiary/aromatic N) is 5. The van der Waals surface area contributed by atoms with Crippen molar-refractivity contribution in [2.75, 3.05) is 44.9 Å². The van der Waals surface area contributed by atoms with Gasteiger partial charge in [-0.25, -0.2) is 18.4 Å². The minimum absolute atomic E-state index is 0.0416. The smallest absolute Gasteiger partial charge is 0.240 e. The summed E-state index contributed by atoms with van der Waals surface area (Å²) in [6, 6.07) is -0.0416. The fourth-order valence-corrected chi connectivity index (χ4v) is 5.13. The molecule has 2 fully saturated rings. The van der Waals surface area contributed by atoms with Crippen LogP contribution in [0.15, 0.2) is 12.4 Å². The third-order valence-electron chi connectivity index (χ3n) is 5.68. The highest BCUT2D eigenvalue weighted by Gasteiger charge is 2.36. The van der Waals surface area contributed by atoms with Crippen molar-refractivity contribution in [1.82, 2.24) is 24.7 Å². The van der Waals surface area contributed by atoms with E-state index in [-0.39, 0.29) is 17.8 Å². The number of sulfonamides is 1. The van der Waals surface area contributed by atoms with Crippen LogP contribution in [0.3, 0.4) is 0 Å². The molecule has 12 nitrogen and oxygen atoms in total. The van der Waals surface area contributed by atoms with Crippen LogP contribution in [0.1, 0.15) is 49.7 Å². The molecule has 0 radical (unpaired) electrons. The van der Waals surface area contributed by atoms with Crippen LogP contribution in [0.5, 0.6) is 0 Å². The minimum atomic E-state index is -3.98. The Balaban J connectivity index is 1.62. The van der Waals surface area contributed by atoms with Gasteiger partial charge in [-0.15, -0.1) is 10.2 Å². The van der Waals surface area contributed by atoms with E-state index in [4.69, 9.17) is 30.5 Å². The Kier molecular flexibility index (Phi) is 7.76. The molecule has 4 rings (SSSR count). The zero-order chi connectivity index (χ0) is 23.4. The van der Waals surface area contributed by atoms with Crippen molar-refractivity contribution in [2.45, 2.75) is 43.3 Å². The van der Waals surface area contributed by atoms with Gasteiger partial charge in [0, 0.05) is 38.8 Å². The molecule has 2 saturated heterocycles. The first-order valence-corrected chi connectivity index (χ1v) is 12.6. The number of ether oxygens (including phenoxy) is 4. The van der Waals surface area contributed by atoms with Crippen LogP contribution >= 0.6 is 11.6 Å². The number of hydrogen-bond donors (Lipinski definition) is 1.